The number of amides is 1. The minimum atomic E-state index is -0.313. The Balaban J connectivity index is 1.31. The van der Waals surface area contributed by atoms with Gasteiger partial charge in [-0.3, -0.25) is 9.89 Å². The minimum Gasteiger partial charge on any atom is -0.351 e. The van der Waals surface area contributed by atoms with Gasteiger partial charge in [-0.15, -0.1) is 5.10 Å². The third-order valence-electron chi connectivity index (χ3n) is 4.21. The highest BCUT2D eigenvalue weighted by Gasteiger charge is 2.11. The maximum absolute atomic E-state index is 13.0. The SMILES string of the molecule is O=C(NCCCn1nnc2ccccc21)c1cc(-c2ccc(F)cc2)n[nH]1. The number of carbonyl (C=O) groups is 1. The summed E-state index contributed by atoms with van der Waals surface area (Å²) >= 11 is 0. The van der Waals surface area contributed by atoms with Crippen LogP contribution in [-0.2, 0) is 6.54 Å². The Kier molecular flexibility index (Phi) is 4.61. The van der Waals surface area contributed by atoms with Gasteiger partial charge in [-0.2, -0.15) is 5.10 Å². The monoisotopic (exact) mass is 364 g/mol. The molecule has 0 aliphatic heterocycles. The van der Waals surface area contributed by atoms with Crippen LogP contribution >= 0.6 is 0 Å². The quantitative estimate of drug-likeness (QED) is 0.515. The summed E-state index contributed by atoms with van der Waals surface area (Å²) in [7, 11) is 0. The number of aromatic amines is 1. The minimum absolute atomic E-state index is 0.237. The largest absolute Gasteiger partial charge is 0.351 e. The molecule has 0 saturated heterocycles. The van der Waals surface area contributed by atoms with Crippen molar-refractivity contribution in [2.45, 2.75) is 13.0 Å². The maximum atomic E-state index is 13.0. The van der Waals surface area contributed by atoms with Gasteiger partial charge >= 0.3 is 0 Å². The fourth-order valence-corrected chi connectivity index (χ4v) is 2.82. The number of nitrogens with one attached hydrogen (secondary N) is 2. The number of carbonyl (C=O) groups excluding carboxylic acids is 1. The molecule has 2 aromatic heterocycles. The average molecular weight is 364 g/mol. The second-order valence-electron chi connectivity index (χ2n) is 6.08. The molecule has 7 nitrogen and oxygen atoms in total. The van der Waals surface area contributed by atoms with E-state index in [1.165, 1.54) is 12.1 Å². The number of H-pyrrole nitrogens is 1. The van der Waals surface area contributed by atoms with Crippen molar-refractivity contribution in [3.8, 4) is 11.3 Å². The van der Waals surface area contributed by atoms with Crippen molar-refractivity contribution in [2.24, 2.45) is 0 Å². The Bertz CT molecular complexity index is 1070. The fraction of sp³-hybridized carbons (Fsp3) is 0.158. The van der Waals surface area contributed by atoms with E-state index in [9.17, 15) is 9.18 Å². The van der Waals surface area contributed by atoms with E-state index >= 15 is 0 Å². The van der Waals surface area contributed by atoms with E-state index in [1.54, 1.807) is 18.2 Å². The molecule has 4 rings (SSSR count). The molecular formula is C19H17FN6O. The van der Waals surface area contributed by atoms with Gasteiger partial charge in [-0.25, -0.2) is 9.07 Å². The molecule has 2 N–H and O–H groups in total. The molecule has 0 spiro atoms. The van der Waals surface area contributed by atoms with Crippen molar-refractivity contribution < 1.29 is 9.18 Å². The van der Waals surface area contributed by atoms with E-state index in [4.69, 9.17) is 0 Å². The molecule has 2 heterocycles. The lowest BCUT2D eigenvalue weighted by atomic mass is 10.1. The molecule has 0 fully saturated rings. The standard InChI is InChI=1S/C19H17FN6O/c20-14-8-6-13(7-9-14)16-12-17(23-22-16)19(27)21-10-3-11-26-18-5-2-1-4-15(18)24-25-26/h1-2,4-9,12H,3,10-11H2,(H,21,27)(H,22,23). The highest BCUT2D eigenvalue weighted by molar-refractivity contribution is 5.93. The molecule has 0 radical (unpaired) electrons. The molecule has 0 atom stereocenters. The molecule has 0 aliphatic carbocycles. The van der Waals surface area contributed by atoms with Gasteiger partial charge in [0.2, 0.25) is 0 Å². The zero-order valence-corrected chi connectivity index (χ0v) is 14.4. The van der Waals surface area contributed by atoms with Gasteiger partial charge in [0.05, 0.1) is 11.2 Å². The van der Waals surface area contributed by atoms with Gasteiger partial charge in [-0.05, 0) is 48.9 Å². The summed E-state index contributed by atoms with van der Waals surface area (Å²) in [4.78, 5) is 12.2. The van der Waals surface area contributed by atoms with E-state index in [2.05, 4.69) is 25.8 Å². The number of hydrogen-bond acceptors (Lipinski definition) is 4. The summed E-state index contributed by atoms with van der Waals surface area (Å²) in [6.45, 7) is 1.16. The predicted molar refractivity (Wildman–Crippen MR) is 98.5 cm³/mol. The van der Waals surface area contributed by atoms with Crippen LogP contribution in [0.3, 0.4) is 0 Å². The molecule has 136 valence electrons. The van der Waals surface area contributed by atoms with Crippen LogP contribution < -0.4 is 5.32 Å². The smallest absolute Gasteiger partial charge is 0.269 e. The first kappa shape index (κ1) is 16.9. The molecule has 4 aromatic rings. The van der Waals surface area contributed by atoms with Crippen molar-refractivity contribution in [2.75, 3.05) is 6.54 Å². The number of fused-ring (bicyclic) bond motifs is 1. The highest BCUT2D eigenvalue weighted by atomic mass is 19.1. The zero-order valence-electron chi connectivity index (χ0n) is 14.4. The first-order chi connectivity index (χ1) is 13.2. The molecule has 2 aromatic carbocycles. The van der Waals surface area contributed by atoms with Gasteiger partial charge in [0.1, 0.15) is 17.0 Å². The van der Waals surface area contributed by atoms with E-state index in [-0.39, 0.29) is 11.7 Å². The number of halogens is 1. The molecule has 0 aliphatic rings. The highest BCUT2D eigenvalue weighted by Crippen LogP contribution is 2.18. The number of para-hydroxylation sites is 1. The summed E-state index contributed by atoms with van der Waals surface area (Å²) in [6.07, 6.45) is 0.720. The first-order valence-corrected chi connectivity index (χ1v) is 8.58. The summed E-state index contributed by atoms with van der Waals surface area (Å²) in [6, 6.07) is 15.4. The van der Waals surface area contributed by atoms with Gasteiger partial charge in [0.15, 0.2) is 0 Å². The van der Waals surface area contributed by atoms with Gasteiger partial charge < -0.3 is 5.32 Å². The second kappa shape index (κ2) is 7.36. The zero-order chi connectivity index (χ0) is 18.6. The van der Waals surface area contributed by atoms with Crippen LogP contribution in [0.2, 0.25) is 0 Å². The average Bonchev–Trinajstić information content (AvgIpc) is 3.33. The summed E-state index contributed by atoms with van der Waals surface area (Å²) in [5.74, 6) is -0.549. The second-order valence-corrected chi connectivity index (χ2v) is 6.08. The third-order valence-corrected chi connectivity index (χ3v) is 4.21. The molecule has 0 bridgehead atoms. The lowest BCUT2D eigenvalue weighted by molar-refractivity contribution is 0.0947. The predicted octanol–water partition coefficient (Wildman–Crippen LogP) is 2.78. The fourth-order valence-electron chi connectivity index (χ4n) is 2.82. The Hall–Kier alpha value is -3.55. The number of benzene rings is 2. The van der Waals surface area contributed by atoms with Crippen molar-refractivity contribution in [3.63, 3.8) is 0 Å². The number of aryl methyl sites for hydroxylation is 1. The molecule has 8 heteroatoms. The topological polar surface area (TPSA) is 88.5 Å². The van der Waals surface area contributed by atoms with Crippen LogP contribution in [0, 0.1) is 5.82 Å². The van der Waals surface area contributed by atoms with Gasteiger partial charge in [-0.1, -0.05) is 17.3 Å². The van der Waals surface area contributed by atoms with E-state index in [1.807, 2.05) is 28.9 Å². The molecule has 0 unspecified atom stereocenters. The van der Waals surface area contributed by atoms with E-state index in [0.717, 1.165) is 23.0 Å². The lowest BCUT2D eigenvalue weighted by Crippen LogP contribution is -2.25. The van der Waals surface area contributed by atoms with Gasteiger partial charge in [0, 0.05) is 18.7 Å². The molecule has 27 heavy (non-hydrogen) atoms. The Morgan fingerprint density at radius 1 is 1.15 bits per heavy atom. The van der Waals surface area contributed by atoms with Crippen molar-refractivity contribution in [1.29, 1.82) is 0 Å². The van der Waals surface area contributed by atoms with Gasteiger partial charge in [0.25, 0.3) is 5.91 Å². The van der Waals surface area contributed by atoms with Crippen LogP contribution in [0.25, 0.3) is 22.3 Å². The third kappa shape index (κ3) is 3.69. The van der Waals surface area contributed by atoms with E-state index in [0.29, 0.717) is 24.5 Å². The normalized spacial score (nSPS) is 11.0. The summed E-state index contributed by atoms with van der Waals surface area (Å²) in [5.41, 5.74) is 3.52. The van der Waals surface area contributed by atoms with Crippen molar-refractivity contribution in [1.82, 2.24) is 30.5 Å². The number of rotatable bonds is 6. The van der Waals surface area contributed by atoms with Crippen LogP contribution in [-0.4, -0.2) is 37.6 Å². The maximum Gasteiger partial charge on any atom is 0.269 e. The number of hydrogen-bond donors (Lipinski definition) is 2. The van der Waals surface area contributed by atoms with Crippen LogP contribution in [0.1, 0.15) is 16.9 Å². The lowest BCUT2D eigenvalue weighted by Gasteiger charge is -2.04. The van der Waals surface area contributed by atoms with E-state index < -0.39 is 0 Å². The van der Waals surface area contributed by atoms with Crippen LogP contribution in [0.5, 0.6) is 0 Å². The summed E-state index contributed by atoms with van der Waals surface area (Å²) in [5, 5.41) is 17.9. The van der Waals surface area contributed by atoms with Crippen LogP contribution in [0.4, 0.5) is 4.39 Å². The number of aromatic nitrogens is 5. The molecule has 1 amide bonds. The first-order valence-electron chi connectivity index (χ1n) is 8.58. The Morgan fingerprint density at radius 3 is 2.81 bits per heavy atom. The molecular weight excluding hydrogens is 347 g/mol. The Morgan fingerprint density at radius 2 is 1.96 bits per heavy atom. The molecule has 0 saturated carbocycles. The summed E-state index contributed by atoms with van der Waals surface area (Å²) < 4.78 is 14.8. The van der Waals surface area contributed by atoms with Crippen LogP contribution in [0.15, 0.2) is 54.6 Å². The number of nitrogens with zero attached hydrogens (tertiary/aromatic N) is 4. The van der Waals surface area contributed by atoms with Crippen molar-refractivity contribution >= 4 is 16.9 Å². The van der Waals surface area contributed by atoms with Crippen molar-refractivity contribution in [3.05, 3.63) is 66.1 Å². The Labute approximate surface area is 154 Å².